The average Bonchev–Trinajstić information content (AvgIpc) is 2.78. The Balaban J connectivity index is 2.29. The third kappa shape index (κ3) is 3.12. The molecule has 0 atom stereocenters. The van der Waals surface area contributed by atoms with E-state index in [-0.39, 0.29) is 5.97 Å². The van der Waals surface area contributed by atoms with Gasteiger partial charge in [-0.2, -0.15) is 5.10 Å². The van der Waals surface area contributed by atoms with Crippen molar-refractivity contribution >= 4 is 16.9 Å². The van der Waals surface area contributed by atoms with Crippen molar-refractivity contribution in [3.63, 3.8) is 0 Å². The Morgan fingerprint density at radius 2 is 2.21 bits per heavy atom. The van der Waals surface area contributed by atoms with Gasteiger partial charge >= 0.3 is 5.97 Å². The van der Waals surface area contributed by atoms with Gasteiger partial charge in [0.1, 0.15) is 0 Å². The maximum atomic E-state index is 11.7. The summed E-state index contributed by atoms with van der Waals surface area (Å²) in [7, 11) is 4.06. The zero-order valence-corrected chi connectivity index (χ0v) is 11.6. The lowest BCUT2D eigenvalue weighted by atomic mass is 10.1. The molecule has 2 rings (SSSR count). The number of aromatic nitrogens is 2. The van der Waals surface area contributed by atoms with Crippen LogP contribution in [-0.4, -0.2) is 48.3 Å². The molecular weight excluding hydrogens is 242 g/mol. The van der Waals surface area contributed by atoms with Crippen molar-refractivity contribution in [1.29, 1.82) is 0 Å². The summed E-state index contributed by atoms with van der Waals surface area (Å²) in [6.07, 6.45) is 0.871. The van der Waals surface area contributed by atoms with Gasteiger partial charge in [-0.1, -0.05) is 0 Å². The van der Waals surface area contributed by atoms with Gasteiger partial charge < -0.3 is 9.64 Å². The van der Waals surface area contributed by atoms with Crippen molar-refractivity contribution in [3.8, 4) is 0 Å². The molecule has 0 spiro atoms. The van der Waals surface area contributed by atoms with Crippen LogP contribution in [0.5, 0.6) is 0 Å². The molecule has 5 nitrogen and oxygen atoms in total. The smallest absolute Gasteiger partial charge is 0.338 e. The summed E-state index contributed by atoms with van der Waals surface area (Å²) < 4.78 is 5.01. The van der Waals surface area contributed by atoms with Crippen molar-refractivity contribution in [2.24, 2.45) is 0 Å². The molecule has 0 saturated carbocycles. The number of hydrogen-bond acceptors (Lipinski definition) is 4. The molecule has 0 fully saturated rings. The van der Waals surface area contributed by atoms with Crippen molar-refractivity contribution in [1.82, 2.24) is 15.1 Å². The minimum Gasteiger partial charge on any atom is -0.462 e. The Labute approximate surface area is 112 Å². The highest BCUT2D eigenvalue weighted by molar-refractivity contribution is 5.95. The Bertz CT molecular complexity index is 575. The van der Waals surface area contributed by atoms with E-state index in [1.807, 2.05) is 26.2 Å². The van der Waals surface area contributed by atoms with E-state index in [2.05, 4.69) is 15.1 Å². The Morgan fingerprint density at radius 3 is 2.89 bits per heavy atom. The minimum absolute atomic E-state index is 0.288. The number of rotatable bonds is 5. The predicted octanol–water partition coefficient (Wildman–Crippen LogP) is 1.84. The van der Waals surface area contributed by atoms with Crippen LogP contribution in [-0.2, 0) is 11.2 Å². The summed E-state index contributed by atoms with van der Waals surface area (Å²) in [6.45, 7) is 3.12. The second-order valence-corrected chi connectivity index (χ2v) is 4.71. The largest absolute Gasteiger partial charge is 0.462 e. The summed E-state index contributed by atoms with van der Waals surface area (Å²) in [6, 6.07) is 5.44. The van der Waals surface area contributed by atoms with Crippen LogP contribution in [0, 0.1) is 0 Å². The van der Waals surface area contributed by atoms with Crippen molar-refractivity contribution < 1.29 is 9.53 Å². The molecule has 0 unspecified atom stereocenters. The van der Waals surface area contributed by atoms with Gasteiger partial charge in [-0.3, -0.25) is 5.10 Å². The zero-order valence-electron chi connectivity index (χ0n) is 11.6. The fourth-order valence-electron chi connectivity index (χ4n) is 1.93. The van der Waals surface area contributed by atoms with E-state index in [4.69, 9.17) is 4.74 Å². The summed E-state index contributed by atoms with van der Waals surface area (Å²) >= 11 is 0. The highest BCUT2D eigenvalue weighted by Gasteiger charge is 2.11. The van der Waals surface area contributed by atoms with Crippen LogP contribution in [0.1, 0.15) is 23.0 Å². The van der Waals surface area contributed by atoms with Crippen LogP contribution >= 0.6 is 0 Å². The van der Waals surface area contributed by atoms with Crippen LogP contribution in [0.2, 0.25) is 0 Å². The van der Waals surface area contributed by atoms with E-state index in [1.165, 1.54) is 0 Å². The molecule has 5 heteroatoms. The first-order chi connectivity index (χ1) is 9.11. The van der Waals surface area contributed by atoms with Gasteiger partial charge in [0.15, 0.2) is 0 Å². The molecule has 0 aliphatic rings. The number of carbonyl (C=O) groups excluding carboxylic acids is 1. The number of esters is 1. The van der Waals surface area contributed by atoms with Crippen LogP contribution in [0.25, 0.3) is 10.9 Å². The maximum absolute atomic E-state index is 11.7. The van der Waals surface area contributed by atoms with Crippen molar-refractivity contribution in [2.45, 2.75) is 13.3 Å². The normalized spacial score (nSPS) is 11.2. The topological polar surface area (TPSA) is 58.2 Å². The summed E-state index contributed by atoms with van der Waals surface area (Å²) in [5, 5.41) is 8.28. The molecule has 1 N–H and O–H groups in total. The second-order valence-electron chi connectivity index (χ2n) is 4.71. The zero-order chi connectivity index (χ0) is 13.8. The summed E-state index contributed by atoms with van der Waals surface area (Å²) in [5.41, 5.74) is 2.50. The summed E-state index contributed by atoms with van der Waals surface area (Å²) in [5.74, 6) is -0.288. The van der Waals surface area contributed by atoms with Gasteiger partial charge in [0, 0.05) is 24.0 Å². The molecule has 1 aromatic carbocycles. The third-order valence-corrected chi connectivity index (χ3v) is 2.95. The molecule has 19 heavy (non-hydrogen) atoms. The number of nitrogens with one attached hydrogen (secondary N) is 1. The number of nitrogens with zero attached hydrogens (tertiary/aromatic N) is 2. The Hall–Kier alpha value is -1.88. The Kier molecular flexibility index (Phi) is 4.16. The quantitative estimate of drug-likeness (QED) is 0.834. The molecule has 0 amide bonds. The van der Waals surface area contributed by atoms with E-state index >= 15 is 0 Å². The van der Waals surface area contributed by atoms with Gasteiger partial charge in [-0.05, 0) is 39.2 Å². The second kappa shape index (κ2) is 5.84. The minimum atomic E-state index is -0.288. The Morgan fingerprint density at radius 1 is 1.42 bits per heavy atom. The van der Waals surface area contributed by atoms with Gasteiger partial charge in [-0.15, -0.1) is 0 Å². The fourth-order valence-corrected chi connectivity index (χ4v) is 1.93. The van der Waals surface area contributed by atoms with Crippen LogP contribution < -0.4 is 0 Å². The number of carbonyl (C=O) groups is 1. The molecule has 102 valence electrons. The third-order valence-electron chi connectivity index (χ3n) is 2.95. The predicted molar refractivity (Wildman–Crippen MR) is 74.3 cm³/mol. The van der Waals surface area contributed by atoms with Gasteiger partial charge in [-0.25, -0.2) is 4.79 Å². The van der Waals surface area contributed by atoms with Crippen LogP contribution in [0.3, 0.4) is 0 Å². The first-order valence-electron chi connectivity index (χ1n) is 6.40. The number of likely N-dealkylation sites (N-methyl/N-ethyl adjacent to an activating group) is 1. The molecule has 0 saturated heterocycles. The highest BCUT2D eigenvalue weighted by atomic mass is 16.5. The van der Waals surface area contributed by atoms with Gasteiger partial charge in [0.05, 0.1) is 17.7 Å². The molecule has 1 heterocycles. The lowest BCUT2D eigenvalue weighted by Crippen LogP contribution is -2.15. The maximum Gasteiger partial charge on any atom is 0.338 e. The number of H-pyrrole nitrogens is 1. The molecule has 2 aromatic rings. The molecule has 0 aliphatic heterocycles. The molecule has 0 radical (unpaired) electrons. The molecule has 1 aromatic heterocycles. The van der Waals surface area contributed by atoms with Gasteiger partial charge in [0.25, 0.3) is 0 Å². The standard InChI is InChI=1S/C14H19N3O2/c1-4-19-14(18)10-5-6-12-11(9-10)13(16-15-12)7-8-17(2)3/h5-6,9H,4,7-8H2,1-3H3,(H,15,16). The first kappa shape index (κ1) is 13.5. The number of benzene rings is 1. The fraction of sp³-hybridized carbons (Fsp3) is 0.429. The van der Waals surface area contributed by atoms with E-state index < -0.39 is 0 Å². The monoisotopic (exact) mass is 261 g/mol. The lowest BCUT2D eigenvalue weighted by molar-refractivity contribution is 0.0526. The number of aromatic amines is 1. The summed E-state index contributed by atoms with van der Waals surface area (Å²) in [4.78, 5) is 13.8. The van der Waals surface area contributed by atoms with E-state index in [1.54, 1.807) is 13.0 Å². The van der Waals surface area contributed by atoms with Crippen LogP contribution in [0.15, 0.2) is 18.2 Å². The van der Waals surface area contributed by atoms with E-state index in [0.717, 1.165) is 29.6 Å². The first-order valence-corrected chi connectivity index (χ1v) is 6.40. The molecule has 0 aliphatic carbocycles. The molecule has 0 bridgehead atoms. The van der Waals surface area contributed by atoms with Gasteiger partial charge in [0.2, 0.25) is 0 Å². The lowest BCUT2D eigenvalue weighted by Gasteiger charge is -2.08. The van der Waals surface area contributed by atoms with Crippen molar-refractivity contribution in [2.75, 3.05) is 27.2 Å². The molecular formula is C14H19N3O2. The van der Waals surface area contributed by atoms with E-state index in [0.29, 0.717) is 12.2 Å². The average molecular weight is 261 g/mol. The number of hydrogen-bond donors (Lipinski definition) is 1. The SMILES string of the molecule is CCOC(=O)c1ccc2n[nH]c(CCN(C)C)c2c1. The highest BCUT2D eigenvalue weighted by Crippen LogP contribution is 2.19. The van der Waals surface area contributed by atoms with Crippen LogP contribution in [0.4, 0.5) is 0 Å². The van der Waals surface area contributed by atoms with Crippen molar-refractivity contribution in [3.05, 3.63) is 29.5 Å². The van der Waals surface area contributed by atoms with E-state index in [9.17, 15) is 4.79 Å². The number of fused-ring (bicyclic) bond motifs is 1. The number of ether oxygens (including phenoxy) is 1.